The molecule has 0 atom stereocenters. The summed E-state index contributed by atoms with van der Waals surface area (Å²) in [5.74, 6) is -1.19. The van der Waals surface area contributed by atoms with Crippen molar-refractivity contribution in [2.45, 2.75) is 17.7 Å². The number of carbonyl (C=O) groups excluding carboxylic acids is 1. The quantitative estimate of drug-likeness (QED) is 0.762. The number of rotatable bonds is 4. The second-order valence-electron chi connectivity index (χ2n) is 5.97. The third kappa shape index (κ3) is 3.89. The van der Waals surface area contributed by atoms with Crippen molar-refractivity contribution >= 4 is 43.2 Å². The Balaban J connectivity index is 1.96. The molecule has 9 heteroatoms. The van der Waals surface area contributed by atoms with Crippen LogP contribution in [0.5, 0.6) is 0 Å². The lowest BCUT2D eigenvalue weighted by Crippen LogP contribution is -2.22. The van der Waals surface area contributed by atoms with Gasteiger partial charge in [-0.2, -0.15) is 0 Å². The molecule has 1 amide bonds. The number of anilines is 2. The van der Waals surface area contributed by atoms with Crippen LogP contribution in [-0.4, -0.2) is 27.4 Å². The monoisotopic (exact) mass is 441 g/mol. The number of primary sulfonamides is 1. The zero-order valence-corrected chi connectivity index (χ0v) is 16.1. The van der Waals surface area contributed by atoms with Crippen LogP contribution in [0.2, 0.25) is 0 Å². The van der Waals surface area contributed by atoms with E-state index in [0.717, 1.165) is 32.0 Å². The molecule has 1 heterocycles. The first-order chi connectivity index (χ1) is 12.3. The highest BCUT2D eigenvalue weighted by Crippen LogP contribution is 2.32. The van der Waals surface area contributed by atoms with Crippen LogP contribution in [0.3, 0.4) is 0 Å². The van der Waals surface area contributed by atoms with Gasteiger partial charge in [-0.25, -0.2) is 17.9 Å². The third-order valence-electron chi connectivity index (χ3n) is 4.19. The SMILES string of the molecule is NS(=O)(=O)c1ccc(Br)c(C(=O)Nc2c(F)cccc2N2CCCC2)c1. The van der Waals surface area contributed by atoms with E-state index in [9.17, 15) is 17.6 Å². The van der Waals surface area contributed by atoms with Gasteiger partial charge in [0, 0.05) is 17.6 Å². The fourth-order valence-electron chi connectivity index (χ4n) is 2.89. The van der Waals surface area contributed by atoms with Gasteiger partial charge in [-0.05, 0) is 59.1 Å². The lowest BCUT2D eigenvalue weighted by atomic mass is 10.2. The molecule has 0 unspecified atom stereocenters. The molecule has 6 nitrogen and oxygen atoms in total. The number of amides is 1. The Morgan fingerprint density at radius 1 is 1.19 bits per heavy atom. The summed E-state index contributed by atoms with van der Waals surface area (Å²) < 4.78 is 37.8. The number of nitrogens with one attached hydrogen (secondary N) is 1. The van der Waals surface area contributed by atoms with Gasteiger partial charge >= 0.3 is 0 Å². The van der Waals surface area contributed by atoms with E-state index >= 15 is 0 Å². The Hall–Kier alpha value is -1.97. The van der Waals surface area contributed by atoms with Gasteiger partial charge in [0.15, 0.2) is 0 Å². The van der Waals surface area contributed by atoms with E-state index in [-0.39, 0.29) is 16.1 Å². The number of nitrogens with zero attached hydrogens (tertiary/aromatic N) is 1. The molecule has 0 radical (unpaired) electrons. The fourth-order valence-corrected chi connectivity index (χ4v) is 3.86. The normalized spacial score (nSPS) is 14.5. The molecule has 1 aliphatic heterocycles. The maximum absolute atomic E-state index is 14.4. The van der Waals surface area contributed by atoms with Crippen molar-refractivity contribution in [2.75, 3.05) is 23.3 Å². The predicted octanol–water partition coefficient (Wildman–Crippen LogP) is 3.09. The van der Waals surface area contributed by atoms with Crippen molar-refractivity contribution in [1.82, 2.24) is 0 Å². The van der Waals surface area contributed by atoms with Gasteiger partial charge in [0.1, 0.15) is 11.5 Å². The molecule has 0 bridgehead atoms. The summed E-state index contributed by atoms with van der Waals surface area (Å²) in [4.78, 5) is 14.5. The second-order valence-corrected chi connectivity index (χ2v) is 8.38. The van der Waals surface area contributed by atoms with E-state index in [1.165, 1.54) is 18.2 Å². The highest BCUT2D eigenvalue weighted by molar-refractivity contribution is 9.10. The summed E-state index contributed by atoms with van der Waals surface area (Å²) in [5.41, 5.74) is 0.731. The summed E-state index contributed by atoms with van der Waals surface area (Å²) in [5, 5.41) is 7.69. The molecule has 3 N–H and O–H groups in total. The molecule has 138 valence electrons. The molecule has 26 heavy (non-hydrogen) atoms. The van der Waals surface area contributed by atoms with Crippen LogP contribution >= 0.6 is 15.9 Å². The molecular weight excluding hydrogens is 425 g/mol. The third-order valence-corrected chi connectivity index (χ3v) is 5.79. The molecule has 2 aromatic rings. The Labute approximate surface area is 159 Å². The summed E-state index contributed by atoms with van der Waals surface area (Å²) in [6, 6.07) is 8.47. The number of hydrogen-bond acceptors (Lipinski definition) is 4. The van der Waals surface area contributed by atoms with Crippen LogP contribution in [0, 0.1) is 5.82 Å². The lowest BCUT2D eigenvalue weighted by molar-refractivity contribution is 0.102. The molecule has 2 aromatic carbocycles. The van der Waals surface area contributed by atoms with E-state index in [1.807, 2.05) is 4.90 Å². The smallest absolute Gasteiger partial charge is 0.256 e. The Bertz CT molecular complexity index is 960. The van der Waals surface area contributed by atoms with Gasteiger partial charge in [0.05, 0.1) is 16.1 Å². The average molecular weight is 442 g/mol. The Kier molecular flexibility index (Phi) is 5.31. The average Bonchev–Trinajstić information content (AvgIpc) is 3.10. The topological polar surface area (TPSA) is 92.5 Å². The molecule has 0 aromatic heterocycles. The molecule has 1 aliphatic rings. The lowest BCUT2D eigenvalue weighted by Gasteiger charge is -2.22. The number of benzene rings is 2. The van der Waals surface area contributed by atoms with E-state index in [1.54, 1.807) is 12.1 Å². The zero-order valence-electron chi connectivity index (χ0n) is 13.7. The highest BCUT2D eigenvalue weighted by atomic mass is 79.9. The van der Waals surface area contributed by atoms with Crippen molar-refractivity contribution < 1.29 is 17.6 Å². The first-order valence-corrected chi connectivity index (χ1v) is 10.3. The Morgan fingerprint density at radius 3 is 2.54 bits per heavy atom. The summed E-state index contributed by atoms with van der Waals surface area (Å²) in [6.07, 6.45) is 2.01. The van der Waals surface area contributed by atoms with Gasteiger partial charge in [0.25, 0.3) is 5.91 Å². The molecule has 1 fully saturated rings. The van der Waals surface area contributed by atoms with E-state index in [4.69, 9.17) is 5.14 Å². The molecule has 0 saturated carbocycles. The molecular formula is C17H17BrFN3O3S. The van der Waals surface area contributed by atoms with Gasteiger partial charge < -0.3 is 10.2 Å². The standard InChI is InChI=1S/C17H17BrFN3O3S/c18-13-7-6-11(26(20,24)25)10-12(13)17(23)21-16-14(19)4-3-5-15(16)22-8-1-2-9-22/h3-7,10H,1-2,8-9H2,(H,21,23)(H2,20,24,25). The van der Waals surface area contributed by atoms with Crippen LogP contribution in [0.25, 0.3) is 0 Å². The van der Waals surface area contributed by atoms with Crippen LogP contribution in [0.4, 0.5) is 15.8 Å². The second kappa shape index (κ2) is 7.34. The van der Waals surface area contributed by atoms with Crippen molar-refractivity contribution in [3.05, 3.63) is 52.3 Å². The van der Waals surface area contributed by atoms with Gasteiger partial charge in [0.2, 0.25) is 10.0 Å². The number of nitrogens with two attached hydrogens (primary N) is 1. The number of halogens is 2. The van der Waals surface area contributed by atoms with Crippen LogP contribution in [0.15, 0.2) is 45.8 Å². The number of carbonyl (C=O) groups is 1. The fraction of sp³-hybridized carbons (Fsp3) is 0.235. The minimum atomic E-state index is -3.96. The molecule has 3 rings (SSSR count). The van der Waals surface area contributed by atoms with Gasteiger partial charge in [-0.3, -0.25) is 4.79 Å². The largest absolute Gasteiger partial charge is 0.370 e. The van der Waals surface area contributed by atoms with E-state index < -0.39 is 21.7 Å². The Morgan fingerprint density at radius 2 is 1.88 bits per heavy atom. The summed E-state index contributed by atoms with van der Waals surface area (Å²) in [6.45, 7) is 1.58. The summed E-state index contributed by atoms with van der Waals surface area (Å²) in [7, 11) is -3.96. The molecule has 0 aliphatic carbocycles. The molecule has 1 saturated heterocycles. The number of para-hydroxylation sites is 1. The van der Waals surface area contributed by atoms with Crippen molar-refractivity contribution in [3.8, 4) is 0 Å². The number of hydrogen-bond donors (Lipinski definition) is 2. The summed E-state index contributed by atoms with van der Waals surface area (Å²) >= 11 is 3.21. The number of sulfonamides is 1. The van der Waals surface area contributed by atoms with E-state index in [2.05, 4.69) is 21.2 Å². The van der Waals surface area contributed by atoms with Gasteiger partial charge in [-0.1, -0.05) is 6.07 Å². The first-order valence-electron chi connectivity index (χ1n) is 7.94. The highest BCUT2D eigenvalue weighted by Gasteiger charge is 2.22. The predicted molar refractivity (Wildman–Crippen MR) is 101 cm³/mol. The van der Waals surface area contributed by atoms with Crippen molar-refractivity contribution in [1.29, 1.82) is 0 Å². The van der Waals surface area contributed by atoms with Crippen LogP contribution in [-0.2, 0) is 10.0 Å². The van der Waals surface area contributed by atoms with Crippen molar-refractivity contribution in [3.63, 3.8) is 0 Å². The van der Waals surface area contributed by atoms with Gasteiger partial charge in [-0.15, -0.1) is 0 Å². The minimum absolute atomic E-state index is 0.0483. The zero-order chi connectivity index (χ0) is 18.9. The minimum Gasteiger partial charge on any atom is -0.370 e. The maximum atomic E-state index is 14.4. The molecule has 0 spiro atoms. The first kappa shape index (κ1) is 18.8. The van der Waals surface area contributed by atoms with Crippen LogP contribution in [0.1, 0.15) is 23.2 Å². The van der Waals surface area contributed by atoms with E-state index in [0.29, 0.717) is 10.2 Å². The maximum Gasteiger partial charge on any atom is 0.256 e. The van der Waals surface area contributed by atoms with Crippen LogP contribution < -0.4 is 15.4 Å². The van der Waals surface area contributed by atoms with Crippen molar-refractivity contribution in [2.24, 2.45) is 5.14 Å².